The van der Waals surface area contributed by atoms with E-state index in [-0.39, 0.29) is 6.10 Å². The number of aliphatic hydroxyl groups is 1. The van der Waals surface area contributed by atoms with Gasteiger partial charge in [0.1, 0.15) is 0 Å². The smallest absolute Gasteiger partial charge is 0.0580 e. The molecule has 0 aromatic heterocycles. The second kappa shape index (κ2) is 7.90. The Morgan fingerprint density at radius 1 is 1.50 bits per heavy atom. The minimum absolute atomic E-state index is 0.188. The molecule has 0 radical (unpaired) electrons. The van der Waals surface area contributed by atoms with Crippen LogP contribution >= 0.6 is 11.8 Å². The molecular weight excluding hydrogens is 170 g/mol. The first kappa shape index (κ1) is 12.3. The van der Waals surface area contributed by atoms with Gasteiger partial charge in [0.2, 0.25) is 0 Å². The van der Waals surface area contributed by atoms with E-state index in [1.54, 1.807) is 0 Å². The van der Waals surface area contributed by atoms with E-state index in [1.165, 1.54) is 0 Å². The molecule has 3 heteroatoms. The van der Waals surface area contributed by atoms with E-state index in [1.807, 2.05) is 11.8 Å². The summed E-state index contributed by atoms with van der Waals surface area (Å²) in [6, 6.07) is 0. The van der Waals surface area contributed by atoms with Gasteiger partial charge in [0.25, 0.3) is 0 Å². The lowest BCUT2D eigenvalue weighted by molar-refractivity contribution is 0.1000. The van der Waals surface area contributed by atoms with Gasteiger partial charge in [-0.3, -0.25) is 0 Å². The van der Waals surface area contributed by atoms with E-state index in [0.29, 0.717) is 12.5 Å². The fourth-order valence-corrected chi connectivity index (χ4v) is 1.72. The van der Waals surface area contributed by atoms with E-state index in [0.717, 1.165) is 25.0 Å². The highest BCUT2D eigenvalue weighted by atomic mass is 32.2. The van der Waals surface area contributed by atoms with Crippen LogP contribution in [0.2, 0.25) is 0 Å². The summed E-state index contributed by atoms with van der Waals surface area (Å²) in [5, 5.41) is 9.65. The zero-order chi connectivity index (χ0) is 9.40. The Kier molecular flexibility index (Phi) is 8.07. The van der Waals surface area contributed by atoms with Crippen molar-refractivity contribution in [2.24, 2.45) is 11.7 Å². The van der Waals surface area contributed by atoms with Gasteiger partial charge in [-0.1, -0.05) is 6.92 Å². The van der Waals surface area contributed by atoms with Gasteiger partial charge in [-0.2, -0.15) is 11.8 Å². The third kappa shape index (κ3) is 5.01. The quantitative estimate of drug-likeness (QED) is 0.599. The van der Waals surface area contributed by atoms with Gasteiger partial charge in [0.15, 0.2) is 0 Å². The summed E-state index contributed by atoms with van der Waals surface area (Å²) in [6.45, 7) is 2.69. The maximum atomic E-state index is 9.65. The van der Waals surface area contributed by atoms with Gasteiger partial charge in [0.05, 0.1) is 6.10 Å². The summed E-state index contributed by atoms with van der Waals surface area (Å²) >= 11 is 1.83. The normalized spacial score (nSPS) is 16.0. The molecule has 0 saturated heterocycles. The van der Waals surface area contributed by atoms with E-state index in [9.17, 15) is 5.11 Å². The molecule has 2 unspecified atom stereocenters. The van der Waals surface area contributed by atoms with Crippen molar-refractivity contribution in [3.63, 3.8) is 0 Å². The molecule has 0 aromatic carbocycles. The highest BCUT2D eigenvalue weighted by Crippen LogP contribution is 2.13. The molecule has 0 aliphatic heterocycles. The van der Waals surface area contributed by atoms with E-state index >= 15 is 0 Å². The maximum Gasteiger partial charge on any atom is 0.0580 e. The van der Waals surface area contributed by atoms with Crippen LogP contribution in [0.5, 0.6) is 0 Å². The van der Waals surface area contributed by atoms with Gasteiger partial charge in [0, 0.05) is 0 Å². The highest BCUT2D eigenvalue weighted by Gasteiger charge is 2.14. The van der Waals surface area contributed by atoms with Crippen LogP contribution in [-0.4, -0.2) is 29.8 Å². The molecule has 0 aromatic rings. The Bertz CT molecular complexity index is 96.5. The van der Waals surface area contributed by atoms with Crippen molar-refractivity contribution >= 4 is 11.8 Å². The minimum Gasteiger partial charge on any atom is -0.393 e. The molecule has 0 amide bonds. The second-order valence-electron chi connectivity index (χ2n) is 3.11. The zero-order valence-corrected chi connectivity index (χ0v) is 8.94. The summed E-state index contributed by atoms with van der Waals surface area (Å²) in [5.41, 5.74) is 5.52. The Balaban J connectivity index is 3.47. The molecule has 0 heterocycles. The van der Waals surface area contributed by atoms with Crippen molar-refractivity contribution in [3.8, 4) is 0 Å². The van der Waals surface area contributed by atoms with Crippen LogP contribution in [-0.2, 0) is 0 Å². The summed E-state index contributed by atoms with van der Waals surface area (Å²) in [4.78, 5) is 0. The number of aliphatic hydroxyl groups excluding tert-OH is 1. The molecule has 12 heavy (non-hydrogen) atoms. The SMILES string of the molecule is CCC(CN)C(O)CCCSC. The Morgan fingerprint density at radius 2 is 2.17 bits per heavy atom. The summed E-state index contributed by atoms with van der Waals surface area (Å²) in [5.74, 6) is 1.43. The summed E-state index contributed by atoms with van der Waals surface area (Å²) < 4.78 is 0. The Labute approximate surface area is 79.9 Å². The first-order chi connectivity index (χ1) is 5.76. The number of rotatable bonds is 7. The molecule has 0 bridgehead atoms. The zero-order valence-electron chi connectivity index (χ0n) is 8.12. The molecule has 0 spiro atoms. The van der Waals surface area contributed by atoms with Crippen molar-refractivity contribution in [2.45, 2.75) is 32.3 Å². The van der Waals surface area contributed by atoms with Crippen LogP contribution in [0.25, 0.3) is 0 Å². The molecule has 0 fully saturated rings. The molecule has 3 N–H and O–H groups in total. The largest absolute Gasteiger partial charge is 0.393 e. The molecule has 2 nitrogen and oxygen atoms in total. The number of hydrogen-bond acceptors (Lipinski definition) is 3. The molecule has 0 aliphatic rings. The third-order valence-corrected chi connectivity index (χ3v) is 2.92. The molecular formula is C9H21NOS. The van der Waals surface area contributed by atoms with Crippen LogP contribution < -0.4 is 5.73 Å². The Morgan fingerprint density at radius 3 is 2.58 bits per heavy atom. The number of nitrogens with two attached hydrogens (primary N) is 1. The van der Waals surface area contributed by atoms with Crippen LogP contribution in [0, 0.1) is 5.92 Å². The molecule has 74 valence electrons. The first-order valence-electron chi connectivity index (χ1n) is 4.63. The average Bonchev–Trinajstić information content (AvgIpc) is 2.07. The van der Waals surface area contributed by atoms with Crippen molar-refractivity contribution in [1.82, 2.24) is 0 Å². The van der Waals surface area contributed by atoms with Crippen molar-refractivity contribution < 1.29 is 5.11 Å². The maximum absolute atomic E-state index is 9.65. The van der Waals surface area contributed by atoms with Gasteiger partial charge in [-0.05, 0) is 43.7 Å². The monoisotopic (exact) mass is 191 g/mol. The second-order valence-corrected chi connectivity index (χ2v) is 4.09. The molecule has 0 saturated carbocycles. The molecule has 0 rings (SSSR count). The van der Waals surface area contributed by atoms with Gasteiger partial charge in [-0.15, -0.1) is 0 Å². The van der Waals surface area contributed by atoms with Crippen molar-refractivity contribution in [3.05, 3.63) is 0 Å². The molecule has 0 aliphatic carbocycles. The predicted molar refractivity (Wildman–Crippen MR) is 56.5 cm³/mol. The van der Waals surface area contributed by atoms with Gasteiger partial charge < -0.3 is 10.8 Å². The topological polar surface area (TPSA) is 46.2 Å². The average molecular weight is 191 g/mol. The van der Waals surface area contributed by atoms with Crippen molar-refractivity contribution in [2.75, 3.05) is 18.6 Å². The van der Waals surface area contributed by atoms with Crippen LogP contribution in [0.15, 0.2) is 0 Å². The standard InChI is InChI=1S/C9H21NOS/c1-3-8(7-10)9(11)5-4-6-12-2/h8-9,11H,3-7,10H2,1-2H3. The first-order valence-corrected chi connectivity index (χ1v) is 6.02. The van der Waals surface area contributed by atoms with Crippen molar-refractivity contribution in [1.29, 1.82) is 0 Å². The fraction of sp³-hybridized carbons (Fsp3) is 1.00. The van der Waals surface area contributed by atoms with Crippen LogP contribution in [0.3, 0.4) is 0 Å². The predicted octanol–water partition coefficient (Wildman–Crippen LogP) is 1.48. The summed E-state index contributed by atoms with van der Waals surface area (Å²) in [7, 11) is 0. The third-order valence-electron chi connectivity index (χ3n) is 2.22. The summed E-state index contributed by atoms with van der Waals surface area (Å²) in [6.07, 6.45) is 4.88. The van der Waals surface area contributed by atoms with Crippen LogP contribution in [0.4, 0.5) is 0 Å². The van der Waals surface area contributed by atoms with Crippen LogP contribution in [0.1, 0.15) is 26.2 Å². The number of thioether (sulfide) groups is 1. The van der Waals surface area contributed by atoms with E-state index in [4.69, 9.17) is 5.73 Å². The lowest BCUT2D eigenvalue weighted by atomic mass is 9.96. The highest BCUT2D eigenvalue weighted by molar-refractivity contribution is 7.98. The van der Waals surface area contributed by atoms with Gasteiger partial charge >= 0.3 is 0 Å². The minimum atomic E-state index is -0.188. The van der Waals surface area contributed by atoms with E-state index in [2.05, 4.69) is 13.2 Å². The lowest BCUT2D eigenvalue weighted by Gasteiger charge is -2.19. The molecule has 2 atom stereocenters. The number of hydrogen-bond donors (Lipinski definition) is 2. The Hall–Kier alpha value is 0.270. The van der Waals surface area contributed by atoms with Gasteiger partial charge in [-0.25, -0.2) is 0 Å². The lowest BCUT2D eigenvalue weighted by Crippen LogP contribution is -2.27. The van der Waals surface area contributed by atoms with E-state index < -0.39 is 0 Å². The fourth-order valence-electron chi connectivity index (χ4n) is 1.27.